The fourth-order valence-electron chi connectivity index (χ4n) is 1.42. The van der Waals surface area contributed by atoms with Gasteiger partial charge < -0.3 is 10.7 Å². The molecule has 0 saturated carbocycles. The first-order valence-corrected chi connectivity index (χ1v) is 4.26. The maximum absolute atomic E-state index is 5.83. The molecule has 2 heteroatoms. The van der Waals surface area contributed by atoms with E-state index in [1.807, 2.05) is 24.4 Å². The van der Waals surface area contributed by atoms with E-state index in [-0.39, 0.29) is 6.04 Å². The minimum Gasteiger partial charge on any atom is -0.361 e. The van der Waals surface area contributed by atoms with Crippen LogP contribution in [0.2, 0.25) is 0 Å². The number of aromatic nitrogens is 1. The van der Waals surface area contributed by atoms with E-state index < -0.39 is 0 Å². The fraction of sp³-hybridized carbons (Fsp3) is 0.0909. The largest absolute Gasteiger partial charge is 0.361 e. The maximum Gasteiger partial charge on any atom is 0.0478 e. The van der Waals surface area contributed by atoms with Gasteiger partial charge in [0.1, 0.15) is 0 Å². The number of fused-ring (bicyclic) bond motifs is 1. The summed E-state index contributed by atoms with van der Waals surface area (Å²) in [4.78, 5) is 3.14. The zero-order valence-corrected chi connectivity index (χ0v) is 7.33. The maximum atomic E-state index is 5.83. The number of hydrogen-bond donors (Lipinski definition) is 2. The van der Waals surface area contributed by atoms with Gasteiger partial charge in [-0.25, -0.2) is 0 Å². The molecule has 0 fully saturated rings. The smallest absolute Gasteiger partial charge is 0.0478 e. The Kier molecular flexibility index (Phi) is 1.91. The van der Waals surface area contributed by atoms with E-state index in [0.717, 1.165) is 11.1 Å². The summed E-state index contributed by atoms with van der Waals surface area (Å²) in [6.07, 6.45) is 3.67. The van der Waals surface area contributed by atoms with E-state index in [1.54, 1.807) is 6.08 Å². The standard InChI is InChI=1S/C11H12N2/c1-2-10(12)8-3-4-11-9(7-8)5-6-13-11/h2-7,10,13H,1,12H2/t10-/m1/s1. The molecule has 0 spiro atoms. The molecule has 3 N–H and O–H groups in total. The highest BCUT2D eigenvalue weighted by Crippen LogP contribution is 2.18. The lowest BCUT2D eigenvalue weighted by molar-refractivity contribution is 0.917. The zero-order chi connectivity index (χ0) is 9.26. The van der Waals surface area contributed by atoms with E-state index in [0.29, 0.717) is 0 Å². The molecular formula is C11H12N2. The van der Waals surface area contributed by atoms with Gasteiger partial charge in [0, 0.05) is 17.8 Å². The molecule has 0 aliphatic heterocycles. The first-order valence-electron chi connectivity index (χ1n) is 4.26. The van der Waals surface area contributed by atoms with E-state index in [1.165, 1.54) is 5.39 Å². The molecule has 13 heavy (non-hydrogen) atoms. The molecule has 1 atom stereocenters. The van der Waals surface area contributed by atoms with Gasteiger partial charge in [0.15, 0.2) is 0 Å². The van der Waals surface area contributed by atoms with Crippen LogP contribution in [0, 0.1) is 0 Å². The van der Waals surface area contributed by atoms with Crippen LogP contribution in [-0.2, 0) is 0 Å². The molecule has 0 bridgehead atoms. The van der Waals surface area contributed by atoms with Gasteiger partial charge >= 0.3 is 0 Å². The van der Waals surface area contributed by atoms with E-state index in [4.69, 9.17) is 5.73 Å². The minimum atomic E-state index is -0.0701. The molecule has 1 aromatic heterocycles. The quantitative estimate of drug-likeness (QED) is 0.671. The Labute approximate surface area is 77.1 Å². The molecule has 0 amide bonds. The van der Waals surface area contributed by atoms with Crippen LogP contribution >= 0.6 is 0 Å². The SMILES string of the molecule is C=C[C@@H](N)c1ccc2[nH]ccc2c1. The van der Waals surface area contributed by atoms with Crippen LogP contribution < -0.4 is 5.73 Å². The van der Waals surface area contributed by atoms with Gasteiger partial charge in [-0.2, -0.15) is 0 Å². The van der Waals surface area contributed by atoms with Gasteiger partial charge in [0.05, 0.1) is 0 Å². The molecular weight excluding hydrogens is 160 g/mol. The molecule has 66 valence electrons. The van der Waals surface area contributed by atoms with Crippen molar-refractivity contribution in [3.8, 4) is 0 Å². The Balaban J connectivity index is 2.53. The number of nitrogens with one attached hydrogen (secondary N) is 1. The van der Waals surface area contributed by atoms with Crippen LogP contribution in [0.25, 0.3) is 10.9 Å². The second-order valence-electron chi connectivity index (χ2n) is 3.09. The number of nitrogens with two attached hydrogens (primary N) is 1. The van der Waals surface area contributed by atoms with Crippen molar-refractivity contribution in [3.63, 3.8) is 0 Å². The summed E-state index contributed by atoms with van der Waals surface area (Å²) in [5, 5.41) is 1.19. The Morgan fingerprint density at radius 1 is 1.38 bits per heavy atom. The van der Waals surface area contributed by atoms with Crippen molar-refractivity contribution in [2.45, 2.75) is 6.04 Å². The lowest BCUT2D eigenvalue weighted by atomic mass is 10.1. The molecule has 0 aliphatic carbocycles. The van der Waals surface area contributed by atoms with Crippen LogP contribution in [0.15, 0.2) is 43.1 Å². The Morgan fingerprint density at radius 3 is 3.00 bits per heavy atom. The van der Waals surface area contributed by atoms with Crippen molar-refractivity contribution in [1.82, 2.24) is 4.98 Å². The predicted molar refractivity (Wildman–Crippen MR) is 55.4 cm³/mol. The summed E-state index contributed by atoms with van der Waals surface area (Å²) < 4.78 is 0. The lowest BCUT2D eigenvalue weighted by Gasteiger charge is -2.05. The highest BCUT2D eigenvalue weighted by Gasteiger charge is 2.01. The van der Waals surface area contributed by atoms with Crippen LogP contribution in [0.3, 0.4) is 0 Å². The topological polar surface area (TPSA) is 41.8 Å². The number of rotatable bonds is 2. The van der Waals surface area contributed by atoms with Gasteiger partial charge in [0.25, 0.3) is 0 Å². The Bertz CT molecular complexity index is 428. The van der Waals surface area contributed by atoms with Crippen LogP contribution in [0.1, 0.15) is 11.6 Å². The van der Waals surface area contributed by atoms with Crippen molar-refractivity contribution < 1.29 is 0 Å². The number of H-pyrrole nitrogens is 1. The van der Waals surface area contributed by atoms with E-state index in [9.17, 15) is 0 Å². The van der Waals surface area contributed by atoms with Crippen molar-refractivity contribution in [2.24, 2.45) is 5.73 Å². The number of aromatic amines is 1. The van der Waals surface area contributed by atoms with Crippen molar-refractivity contribution in [2.75, 3.05) is 0 Å². The van der Waals surface area contributed by atoms with Crippen molar-refractivity contribution in [1.29, 1.82) is 0 Å². The molecule has 0 unspecified atom stereocenters. The third-order valence-electron chi connectivity index (χ3n) is 2.22. The Hall–Kier alpha value is -1.54. The first-order chi connectivity index (χ1) is 6.31. The van der Waals surface area contributed by atoms with Crippen LogP contribution in [0.5, 0.6) is 0 Å². The summed E-state index contributed by atoms with van der Waals surface area (Å²) in [6, 6.07) is 8.10. The van der Waals surface area contributed by atoms with Crippen LogP contribution in [0.4, 0.5) is 0 Å². The van der Waals surface area contributed by atoms with Crippen molar-refractivity contribution in [3.05, 3.63) is 48.7 Å². The van der Waals surface area contributed by atoms with Gasteiger partial charge in [-0.1, -0.05) is 12.1 Å². The summed E-state index contributed by atoms with van der Waals surface area (Å²) in [5.74, 6) is 0. The molecule has 2 nitrogen and oxygen atoms in total. The third-order valence-corrected chi connectivity index (χ3v) is 2.22. The first kappa shape index (κ1) is 8.08. The van der Waals surface area contributed by atoms with Crippen molar-refractivity contribution >= 4 is 10.9 Å². The molecule has 0 radical (unpaired) electrons. The number of benzene rings is 1. The predicted octanol–water partition coefficient (Wildman–Crippen LogP) is 2.35. The average Bonchev–Trinajstić information content (AvgIpc) is 2.63. The fourth-order valence-corrected chi connectivity index (χ4v) is 1.42. The van der Waals surface area contributed by atoms with E-state index in [2.05, 4.69) is 17.6 Å². The molecule has 2 aromatic rings. The summed E-state index contributed by atoms with van der Waals surface area (Å²) in [5.41, 5.74) is 8.06. The van der Waals surface area contributed by atoms with Gasteiger partial charge in [0.2, 0.25) is 0 Å². The summed E-state index contributed by atoms with van der Waals surface area (Å²) in [6.45, 7) is 3.67. The number of hydrogen-bond acceptors (Lipinski definition) is 1. The minimum absolute atomic E-state index is 0.0701. The normalized spacial score (nSPS) is 13.0. The Morgan fingerprint density at radius 2 is 2.23 bits per heavy atom. The third kappa shape index (κ3) is 1.36. The zero-order valence-electron chi connectivity index (χ0n) is 7.33. The van der Waals surface area contributed by atoms with Gasteiger partial charge in [-0.05, 0) is 29.1 Å². The molecule has 1 heterocycles. The monoisotopic (exact) mass is 172 g/mol. The van der Waals surface area contributed by atoms with Crippen LogP contribution in [-0.4, -0.2) is 4.98 Å². The molecule has 1 aromatic carbocycles. The lowest BCUT2D eigenvalue weighted by Crippen LogP contribution is -2.05. The average molecular weight is 172 g/mol. The van der Waals surface area contributed by atoms with E-state index >= 15 is 0 Å². The summed E-state index contributed by atoms with van der Waals surface area (Å²) in [7, 11) is 0. The second kappa shape index (κ2) is 3.07. The van der Waals surface area contributed by atoms with Gasteiger partial charge in [-0.3, -0.25) is 0 Å². The summed E-state index contributed by atoms with van der Waals surface area (Å²) >= 11 is 0. The molecule has 2 rings (SSSR count). The highest BCUT2D eigenvalue weighted by molar-refractivity contribution is 5.80. The second-order valence-corrected chi connectivity index (χ2v) is 3.09. The van der Waals surface area contributed by atoms with Gasteiger partial charge in [-0.15, -0.1) is 6.58 Å². The highest BCUT2D eigenvalue weighted by atomic mass is 14.7. The molecule has 0 aliphatic rings. The molecule has 0 saturated heterocycles.